The molecule has 0 bridgehead atoms. The maximum absolute atomic E-state index is 11.4. The minimum absolute atomic E-state index is 0.192. The SMILES string of the molecule is CCCNC(C)(CN1CCOC(C)(C)C1)C(=O)O. The molecule has 1 saturated heterocycles. The Morgan fingerprint density at radius 3 is 2.72 bits per heavy atom. The summed E-state index contributed by atoms with van der Waals surface area (Å²) in [5.74, 6) is -0.791. The molecule has 0 radical (unpaired) electrons. The first kappa shape index (κ1) is 15.4. The number of morpholine rings is 1. The highest BCUT2D eigenvalue weighted by Gasteiger charge is 2.37. The minimum atomic E-state index is -0.885. The maximum atomic E-state index is 11.4. The Morgan fingerprint density at radius 1 is 1.56 bits per heavy atom. The molecule has 18 heavy (non-hydrogen) atoms. The fourth-order valence-electron chi connectivity index (χ4n) is 2.30. The van der Waals surface area contributed by atoms with Crippen LogP contribution >= 0.6 is 0 Å². The Balaban J connectivity index is 2.63. The van der Waals surface area contributed by atoms with Gasteiger partial charge < -0.3 is 15.2 Å². The van der Waals surface area contributed by atoms with Gasteiger partial charge in [0.15, 0.2) is 0 Å². The molecule has 0 spiro atoms. The molecule has 0 amide bonds. The van der Waals surface area contributed by atoms with E-state index in [2.05, 4.69) is 10.2 Å². The van der Waals surface area contributed by atoms with E-state index in [1.165, 1.54) is 0 Å². The van der Waals surface area contributed by atoms with Crippen molar-refractivity contribution in [3.63, 3.8) is 0 Å². The third-order valence-electron chi connectivity index (χ3n) is 3.28. The van der Waals surface area contributed by atoms with Gasteiger partial charge in [0.05, 0.1) is 12.2 Å². The lowest BCUT2D eigenvalue weighted by Gasteiger charge is -2.41. The molecule has 0 aromatic heterocycles. The molecule has 106 valence electrons. The van der Waals surface area contributed by atoms with Crippen molar-refractivity contribution in [3.05, 3.63) is 0 Å². The molecule has 5 heteroatoms. The maximum Gasteiger partial charge on any atom is 0.324 e. The van der Waals surface area contributed by atoms with Crippen LogP contribution in [0.25, 0.3) is 0 Å². The average molecular weight is 258 g/mol. The number of ether oxygens (including phenoxy) is 1. The standard InChI is InChI=1S/C13H26N2O3/c1-5-6-14-13(4,11(16)17)10-15-7-8-18-12(2,3)9-15/h14H,5-10H2,1-4H3,(H,16,17). The van der Waals surface area contributed by atoms with Crippen molar-refractivity contribution in [1.29, 1.82) is 0 Å². The van der Waals surface area contributed by atoms with Crippen LogP contribution < -0.4 is 5.32 Å². The van der Waals surface area contributed by atoms with Crippen LogP contribution in [0.1, 0.15) is 34.1 Å². The van der Waals surface area contributed by atoms with Crippen molar-refractivity contribution in [2.24, 2.45) is 0 Å². The molecular weight excluding hydrogens is 232 g/mol. The predicted molar refractivity (Wildman–Crippen MR) is 70.8 cm³/mol. The summed E-state index contributed by atoms with van der Waals surface area (Å²) in [6.07, 6.45) is 0.928. The van der Waals surface area contributed by atoms with Gasteiger partial charge in [-0.05, 0) is 33.7 Å². The Bertz CT molecular complexity index is 294. The quantitative estimate of drug-likeness (QED) is 0.742. The first-order valence-corrected chi connectivity index (χ1v) is 6.64. The van der Waals surface area contributed by atoms with E-state index in [1.54, 1.807) is 6.92 Å². The number of carbonyl (C=O) groups is 1. The highest BCUT2D eigenvalue weighted by Crippen LogP contribution is 2.18. The van der Waals surface area contributed by atoms with Crippen molar-refractivity contribution in [2.45, 2.75) is 45.3 Å². The van der Waals surface area contributed by atoms with Gasteiger partial charge in [-0.1, -0.05) is 6.92 Å². The van der Waals surface area contributed by atoms with Crippen molar-refractivity contribution in [1.82, 2.24) is 10.2 Å². The van der Waals surface area contributed by atoms with Gasteiger partial charge >= 0.3 is 5.97 Å². The lowest BCUT2D eigenvalue weighted by atomic mass is 9.99. The number of nitrogens with zero attached hydrogens (tertiary/aromatic N) is 1. The van der Waals surface area contributed by atoms with Crippen molar-refractivity contribution < 1.29 is 14.6 Å². The van der Waals surface area contributed by atoms with E-state index in [1.807, 2.05) is 20.8 Å². The lowest BCUT2D eigenvalue weighted by Crippen LogP contribution is -2.60. The number of nitrogens with one attached hydrogen (secondary N) is 1. The van der Waals surface area contributed by atoms with E-state index in [0.717, 1.165) is 26.1 Å². The number of carboxylic acid groups (broad SMARTS) is 1. The number of hydrogen-bond donors (Lipinski definition) is 2. The smallest absolute Gasteiger partial charge is 0.324 e. The Kier molecular flexibility index (Phi) is 5.13. The van der Waals surface area contributed by atoms with Crippen molar-refractivity contribution in [2.75, 3.05) is 32.8 Å². The Hall–Kier alpha value is -0.650. The van der Waals surface area contributed by atoms with Crippen LogP contribution in [-0.4, -0.2) is 59.9 Å². The summed E-state index contributed by atoms with van der Waals surface area (Å²) < 4.78 is 5.64. The van der Waals surface area contributed by atoms with Crippen LogP contribution in [0.4, 0.5) is 0 Å². The van der Waals surface area contributed by atoms with Crippen LogP contribution in [0.15, 0.2) is 0 Å². The molecule has 2 N–H and O–H groups in total. The van der Waals surface area contributed by atoms with Gasteiger partial charge in [-0.2, -0.15) is 0 Å². The average Bonchev–Trinajstić information content (AvgIpc) is 2.24. The van der Waals surface area contributed by atoms with E-state index in [9.17, 15) is 9.90 Å². The third kappa shape index (κ3) is 4.23. The summed E-state index contributed by atoms with van der Waals surface area (Å²) in [6.45, 7) is 11.3. The van der Waals surface area contributed by atoms with Crippen LogP contribution in [0.2, 0.25) is 0 Å². The van der Waals surface area contributed by atoms with E-state index in [0.29, 0.717) is 13.2 Å². The van der Waals surface area contributed by atoms with Gasteiger partial charge in [-0.25, -0.2) is 0 Å². The number of hydrogen-bond acceptors (Lipinski definition) is 4. The van der Waals surface area contributed by atoms with Crippen molar-refractivity contribution in [3.8, 4) is 0 Å². The molecule has 1 atom stereocenters. The fraction of sp³-hybridized carbons (Fsp3) is 0.923. The third-order valence-corrected chi connectivity index (χ3v) is 3.28. The number of aliphatic carboxylic acids is 1. The molecule has 1 fully saturated rings. The molecule has 5 nitrogen and oxygen atoms in total. The summed E-state index contributed by atoms with van der Waals surface area (Å²) in [5, 5.41) is 12.5. The van der Waals surface area contributed by atoms with E-state index < -0.39 is 11.5 Å². The zero-order valence-corrected chi connectivity index (χ0v) is 12.0. The highest BCUT2D eigenvalue weighted by molar-refractivity contribution is 5.78. The molecule has 1 aliphatic heterocycles. The second-order valence-electron chi connectivity index (χ2n) is 5.88. The summed E-state index contributed by atoms with van der Waals surface area (Å²) in [5.41, 5.74) is -1.08. The lowest BCUT2D eigenvalue weighted by molar-refractivity contribution is -0.147. The minimum Gasteiger partial charge on any atom is -0.480 e. The molecule has 1 unspecified atom stereocenters. The van der Waals surface area contributed by atoms with Crippen LogP contribution in [-0.2, 0) is 9.53 Å². The van der Waals surface area contributed by atoms with Crippen LogP contribution in [0, 0.1) is 0 Å². The number of carboxylic acids is 1. The normalized spacial score (nSPS) is 23.6. The largest absolute Gasteiger partial charge is 0.480 e. The van der Waals surface area contributed by atoms with E-state index in [-0.39, 0.29) is 5.60 Å². The summed E-state index contributed by atoms with van der Waals surface area (Å²) in [6, 6.07) is 0. The number of rotatable bonds is 6. The van der Waals surface area contributed by atoms with Gasteiger partial charge in [-0.15, -0.1) is 0 Å². The summed E-state index contributed by atoms with van der Waals surface area (Å²) in [7, 11) is 0. The molecule has 0 aromatic rings. The van der Waals surface area contributed by atoms with Gasteiger partial charge in [0.25, 0.3) is 0 Å². The molecule has 1 aliphatic rings. The second-order valence-corrected chi connectivity index (χ2v) is 5.88. The molecular formula is C13H26N2O3. The molecule has 1 heterocycles. The predicted octanol–water partition coefficient (Wildman–Crippen LogP) is 0.940. The molecule has 1 rings (SSSR count). The summed E-state index contributed by atoms with van der Waals surface area (Å²) in [4.78, 5) is 13.6. The topological polar surface area (TPSA) is 61.8 Å². The zero-order valence-electron chi connectivity index (χ0n) is 12.0. The van der Waals surface area contributed by atoms with Gasteiger partial charge in [0.1, 0.15) is 5.54 Å². The van der Waals surface area contributed by atoms with E-state index >= 15 is 0 Å². The summed E-state index contributed by atoms with van der Waals surface area (Å²) >= 11 is 0. The van der Waals surface area contributed by atoms with Gasteiger partial charge in [-0.3, -0.25) is 9.69 Å². The van der Waals surface area contributed by atoms with Gasteiger partial charge in [0.2, 0.25) is 0 Å². The highest BCUT2D eigenvalue weighted by atomic mass is 16.5. The zero-order chi connectivity index (χ0) is 13.8. The van der Waals surface area contributed by atoms with E-state index in [4.69, 9.17) is 4.74 Å². The fourth-order valence-corrected chi connectivity index (χ4v) is 2.30. The molecule has 0 saturated carbocycles. The van der Waals surface area contributed by atoms with Crippen LogP contribution in [0.3, 0.4) is 0 Å². The second kappa shape index (κ2) is 5.99. The van der Waals surface area contributed by atoms with Gasteiger partial charge in [0, 0.05) is 19.6 Å². The Morgan fingerprint density at radius 2 is 2.22 bits per heavy atom. The first-order valence-electron chi connectivity index (χ1n) is 6.64. The Labute approximate surface area is 109 Å². The van der Waals surface area contributed by atoms with Crippen LogP contribution in [0.5, 0.6) is 0 Å². The monoisotopic (exact) mass is 258 g/mol. The first-order chi connectivity index (χ1) is 8.29. The van der Waals surface area contributed by atoms with Crippen molar-refractivity contribution >= 4 is 5.97 Å². The molecule has 0 aromatic carbocycles. The molecule has 0 aliphatic carbocycles.